The monoisotopic (exact) mass is 498 g/mol. The zero-order valence-corrected chi connectivity index (χ0v) is 19.7. The summed E-state index contributed by atoms with van der Waals surface area (Å²) in [5.41, 5.74) is 3.18. The predicted molar refractivity (Wildman–Crippen MR) is 126 cm³/mol. The van der Waals surface area contributed by atoms with Gasteiger partial charge in [0.05, 0.1) is 19.8 Å². The molecule has 0 amide bonds. The highest BCUT2D eigenvalue weighted by Crippen LogP contribution is 2.49. The van der Waals surface area contributed by atoms with Crippen LogP contribution in [-0.2, 0) is 10.2 Å². The summed E-state index contributed by atoms with van der Waals surface area (Å²) in [5.74, 6) is 1.10. The fraction of sp³-hybridized carbons (Fsp3) is 0.682. The highest BCUT2D eigenvalue weighted by molar-refractivity contribution is 14.0. The molecular formula is C22H35IN4O. The van der Waals surface area contributed by atoms with Gasteiger partial charge in [-0.2, -0.15) is 0 Å². The van der Waals surface area contributed by atoms with Gasteiger partial charge in [0.2, 0.25) is 0 Å². The molecular weight excluding hydrogens is 463 g/mol. The van der Waals surface area contributed by atoms with E-state index in [1.165, 1.54) is 30.4 Å². The lowest BCUT2D eigenvalue weighted by Gasteiger charge is -2.32. The van der Waals surface area contributed by atoms with Crippen LogP contribution in [0.25, 0.3) is 0 Å². The van der Waals surface area contributed by atoms with E-state index >= 15 is 0 Å². The summed E-state index contributed by atoms with van der Waals surface area (Å²) >= 11 is 0. The van der Waals surface area contributed by atoms with Crippen molar-refractivity contribution in [2.24, 2.45) is 4.99 Å². The zero-order valence-electron chi connectivity index (χ0n) is 17.3. The third-order valence-corrected chi connectivity index (χ3v) is 6.46. The fourth-order valence-electron chi connectivity index (χ4n) is 4.66. The summed E-state index contributed by atoms with van der Waals surface area (Å²) in [6.45, 7) is 12.3. The van der Waals surface area contributed by atoms with Crippen molar-refractivity contribution in [3.63, 3.8) is 0 Å². The van der Waals surface area contributed by atoms with E-state index in [4.69, 9.17) is 9.73 Å². The molecule has 2 aliphatic heterocycles. The molecule has 0 radical (unpaired) electrons. The molecule has 6 heteroatoms. The number of rotatable bonds is 5. The first-order valence-electron chi connectivity index (χ1n) is 10.6. The summed E-state index contributed by atoms with van der Waals surface area (Å²) in [6, 6.07) is 9.49. The van der Waals surface area contributed by atoms with E-state index in [1.54, 1.807) is 0 Å². The lowest BCUT2D eigenvalue weighted by molar-refractivity contribution is 0.0195. The molecule has 156 valence electrons. The number of hydrogen-bond acceptors (Lipinski definition) is 3. The number of nitrogens with one attached hydrogen (secondary N) is 1. The largest absolute Gasteiger partial charge is 0.379 e. The minimum atomic E-state index is 0. The fourth-order valence-corrected chi connectivity index (χ4v) is 4.66. The summed E-state index contributed by atoms with van der Waals surface area (Å²) in [5, 5.41) is 3.55. The molecule has 0 aromatic heterocycles. The molecule has 5 nitrogen and oxygen atoms in total. The van der Waals surface area contributed by atoms with Crippen LogP contribution < -0.4 is 5.32 Å². The van der Waals surface area contributed by atoms with Crippen LogP contribution in [0.4, 0.5) is 0 Å². The van der Waals surface area contributed by atoms with Crippen molar-refractivity contribution in [3.8, 4) is 0 Å². The average molecular weight is 498 g/mol. The molecule has 2 heterocycles. The third kappa shape index (κ3) is 4.82. The van der Waals surface area contributed by atoms with E-state index in [2.05, 4.69) is 53.2 Å². The first-order chi connectivity index (χ1) is 13.2. The molecule has 2 saturated heterocycles. The van der Waals surface area contributed by atoms with Crippen LogP contribution >= 0.6 is 24.0 Å². The Bertz CT molecular complexity index is 670. The van der Waals surface area contributed by atoms with Crippen molar-refractivity contribution in [1.82, 2.24) is 15.1 Å². The van der Waals surface area contributed by atoms with Gasteiger partial charge in [-0.25, -0.2) is 0 Å². The van der Waals surface area contributed by atoms with Crippen LogP contribution in [0.1, 0.15) is 37.3 Å². The van der Waals surface area contributed by atoms with Crippen LogP contribution in [0.3, 0.4) is 0 Å². The number of likely N-dealkylation sites (tertiary alicyclic amines) is 1. The molecule has 1 atom stereocenters. The van der Waals surface area contributed by atoms with E-state index in [-0.39, 0.29) is 29.4 Å². The number of halogens is 1. The van der Waals surface area contributed by atoms with E-state index in [1.807, 2.05) is 0 Å². The van der Waals surface area contributed by atoms with Gasteiger partial charge in [0.15, 0.2) is 5.96 Å². The predicted octanol–water partition coefficient (Wildman–Crippen LogP) is 3.02. The maximum atomic E-state index is 5.52. The topological polar surface area (TPSA) is 40.1 Å². The number of benzene rings is 1. The zero-order chi connectivity index (χ0) is 18.7. The Morgan fingerprint density at radius 1 is 1.21 bits per heavy atom. The Morgan fingerprint density at radius 2 is 1.96 bits per heavy atom. The van der Waals surface area contributed by atoms with Gasteiger partial charge in [-0.15, -0.1) is 24.0 Å². The third-order valence-electron chi connectivity index (χ3n) is 6.46. The lowest BCUT2D eigenvalue weighted by Crippen LogP contribution is -2.46. The molecule has 1 saturated carbocycles. The van der Waals surface area contributed by atoms with Crippen molar-refractivity contribution < 1.29 is 4.74 Å². The normalized spacial score (nSPS) is 24.7. The van der Waals surface area contributed by atoms with E-state index in [0.717, 1.165) is 58.4 Å². The van der Waals surface area contributed by atoms with Gasteiger partial charge in [-0.05, 0) is 44.2 Å². The van der Waals surface area contributed by atoms with Crippen LogP contribution in [0.2, 0.25) is 0 Å². The number of aliphatic imine (C=N–C) groups is 1. The van der Waals surface area contributed by atoms with Crippen LogP contribution in [0, 0.1) is 6.92 Å². The average Bonchev–Trinajstić information content (AvgIpc) is 3.32. The second kappa shape index (κ2) is 9.76. The number of hydrogen-bond donors (Lipinski definition) is 1. The lowest BCUT2D eigenvalue weighted by atomic mass is 9.92. The molecule has 3 fully saturated rings. The number of aryl methyl sites for hydroxylation is 1. The highest BCUT2D eigenvalue weighted by atomic mass is 127. The molecule has 1 unspecified atom stereocenters. The van der Waals surface area contributed by atoms with Gasteiger partial charge >= 0.3 is 0 Å². The first kappa shape index (κ1) is 21.8. The van der Waals surface area contributed by atoms with Gasteiger partial charge in [0.25, 0.3) is 0 Å². The number of morpholine rings is 1. The van der Waals surface area contributed by atoms with Crippen LogP contribution in [-0.4, -0.2) is 74.3 Å². The minimum absolute atomic E-state index is 0. The van der Waals surface area contributed by atoms with Gasteiger partial charge in [-0.3, -0.25) is 9.89 Å². The molecule has 1 aromatic carbocycles. The van der Waals surface area contributed by atoms with Crippen molar-refractivity contribution in [1.29, 1.82) is 0 Å². The van der Waals surface area contributed by atoms with Crippen molar-refractivity contribution in [2.45, 2.75) is 44.6 Å². The van der Waals surface area contributed by atoms with E-state index in [9.17, 15) is 0 Å². The Labute approximate surface area is 186 Å². The first-order valence-corrected chi connectivity index (χ1v) is 10.6. The second-order valence-electron chi connectivity index (χ2n) is 8.30. The van der Waals surface area contributed by atoms with Gasteiger partial charge in [-0.1, -0.05) is 24.3 Å². The van der Waals surface area contributed by atoms with Crippen molar-refractivity contribution in [2.75, 3.05) is 52.5 Å². The Hall–Kier alpha value is -0.860. The minimum Gasteiger partial charge on any atom is -0.379 e. The molecule has 0 bridgehead atoms. The maximum Gasteiger partial charge on any atom is 0.193 e. The summed E-state index contributed by atoms with van der Waals surface area (Å²) in [6.07, 6.45) is 3.75. The molecule has 4 rings (SSSR count). The Balaban J connectivity index is 0.00000225. The Morgan fingerprint density at radius 3 is 2.64 bits per heavy atom. The van der Waals surface area contributed by atoms with Gasteiger partial charge in [0.1, 0.15) is 0 Å². The molecule has 1 N–H and O–H groups in total. The van der Waals surface area contributed by atoms with Crippen molar-refractivity contribution in [3.05, 3.63) is 35.4 Å². The highest BCUT2D eigenvalue weighted by Gasteiger charge is 2.45. The molecule has 1 aromatic rings. The summed E-state index contributed by atoms with van der Waals surface area (Å²) in [4.78, 5) is 10.2. The second-order valence-corrected chi connectivity index (χ2v) is 8.30. The SMILES string of the molecule is CCNC(=NCC1(c2ccccc2C)CC1)N1CCC(N2CCOCC2)C1.I. The van der Waals surface area contributed by atoms with E-state index < -0.39 is 0 Å². The van der Waals surface area contributed by atoms with Crippen LogP contribution in [0.5, 0.6) is 0 Å². The standard InChI is InChI=1S/C22H34N4O.HI/c1-3-23-21(26-11-8-19(16-26)25-12-14-27-15-13-25)24-17-22(9-10-22)20-7-5-4-6-18(20)2;/h4-7,19H,3,8-17H2,1-2H3,(H,23,24);1H. The molecule has 28 heavy (non-hydrogen) atoms. The molecule has 1 aliphatic carbocycles. The summed E-state index contributed by atoms with van der Waals surface area (Å²) in [7, 11) is 0. The van der Waals surface area contributed by atoms with Crippen molar-refractivity contribution >= 4 is 29.9 Å². The van der Waals surface area contributed by atoms with Gasteiger partial charge in [0, 0.05) is 44.2 Å². The Kier molecular flexibility index (Phi) is 7.61. The summed E-state index contributed by atoms with van der Waals surface area (Å²) < 4.78 is 5.52. The van der Waals surface area contributed by atoms with Crippen LogP contribution in [0.15, 0.2) is 29.3 Å². The number of ether oxygens (including phenoxy) is 1. The smallest absolute Gasteiger partial charge is 0.193 e. The van der Waals surface area contributed by atoms with Gasteiger partial charge < -0.3 is 15.0 Å². The molecule has 3 aliphatic rings. The maximum absolute atomic E-state index is 5.52. The number of nitrogens with zero attached hydrogens (tertiary/aromatic N) is 3. The molecule has 0 spiro atoms. The quantitative estimate of drug-likeness (QED) is 0.385. The number of guanidine groups is 1. The van der Waals surface area contributed by atoms with E-state index in [0.29, 0.717) is 6.04 Å².